The average Bonchev–Trinajstić information content (AvgIpc) is 3.48. The van der Waals surface area contributed by atoms with Gasteiger partial charge in [-0.25, -0.2) is 10.6 Å². The minimum atomic E-state index is -0.849. The molecule has 448 valence electrons. The van der Waals surface area contributed by atoms with E-state index in [2.05, 4.69) is 26.6 Å². The fraction of sp³-hybridized carbons (Fsp3) is 0.625. The summed E-state index contributed by atoms with van der Waals surface area (Å²) < 4.78 is 33.0. The highest BCUT2D eigenvalue weighted by Crippen LogP contribution is 2.37. The van der Waals surface area contributed by atoms with E-state index in [0.29, 0.717) is 129 Å². The zero-order valence-corrected chi connectivity index (χ0v) is 47.7. The molecule has 3 unspecified atom stereocenters. The molecule has 0 saturated carbocycles. The SMILES string of the molecule is CC(=O)C(CCCNC(N)=O)NC(=O)C(NC(=O)CCOCCOCCOCCNC(=O)CCOCCOCCOCCNC(=O)C(N)CCCCN(N)/C1=C(\N)c2ccccc2CN(C(=O)CC(C)C)c2ccccc21)C(C)C. The Hall–Kier alpha value is -6.25. The van der Waals surface area contributed by atoms with Crippen LogP contribution in [0.25, 0.3) is 11.4 Å². The second-order valence-corrected chi connectivity index (χ2v) is 20.0. The molecular formula is C56H91N11O13. The molecule has 1 aliphatic heterocycles. The topological polar surface area (TPSA) is 346 Å². The van der Waals surface area contributed by atoms with E-state index in [0.717, 1.165) is 22.4 Å². The summed E-state index contributed by atoms with van der Waals surface area (Å²) in [6.45, 7) is 14.2. The number of hydrogen-bond acceptors (Lipinski definition) is 17. The second-order valence-electron chi connectivity index (χ2n) is 20.0. The van der Waals surface area contributed by atoms with E-state index >= 15 is 0 Å². The van der Waals surface area contributed by atoms with Crippen LogP contribution in [0.15, 0.2) is 48.5 Å². The Morgan fingerprint density at radius 3 is 1.76 bits per heavy atom. The van der Waals surface area contributed by atoms with Gasteiger partial charge in [-0.3, -0.25) is 28.8 Å². The zero-order chi connectivity index (χ0) is 58.7. The molecule has 0 radical (unpaired) electrons. The van der Waals surface area contributed by atoms with Gasteiger partial charge in [0.1, 0.15) is 6.04 Å². The number of Topliss-reactive ketones (excluding diaryl/α,β-unsaturated/α-hetero) is 1. The molecule has 2 aromatic rings. The van der Waals surface area contributed by atoms with E-state index in [1.807, 2.05) is 67.3 Å². The van der Waals surface area contributed by atoms with Crippen LogP contribution in [0.5, 0.6) is 0 Å². The summed E-state index contributed by atoms with van der Waals surface area (Å²) in [6.07, 6.45) is 3.11. The molecule has 0 spiro atoms. The van der Waals surface area contributed by atoms with Crippen molar-refractivity contribution in [3.63, 3.8) is 0 Å². The molecule has 24 nitrogen and oxygen atoms in total. The van der Waals surface area contributed by atoms with Crippen molar-refractivity contribution in [1.82, 2.24) is 31.6 Å². The molecular weight excluding hydrogens is 1030 g/mol. The molecule has 2 aromatic carbocycles. The number of primary amides is 1. The van der Waals surface area contributed by atoms with Crippen LogP contribution in [0, 0.1) is 11.8 Å². The number of ether oxygens (including phenoxy) is 6. The fourth-order valence-electron chi connectivity index (χ4n) is 8.32. The minimum absolute atomic E-state index is 0.0264. The highest BCUT2D eigenvalue weighted by Gasteiger charge is 2.30. The number of ketones is 1. The van der Waals surface area contributed by atoms with Crippen molar-refractivity contribution < 1.29 is 62.0 Å². The summed E-state index contributed by atoms with van der Waals surface area (Å²) in [4.78, 5) is 88.6. The molecule has 0 saturated heterocycles. The third-order valence-corrected chi connectivity index (χ3v) is 12.6. The lowest BCUT2D eigenvalue weighted by atomic mass is 9.95. The Morgan fingerprint density at radius 1 is 0.625 bits per heavy atom. The summed E-state index contributed by atoms with van der Waals surface area (Å²) in [6, 6.07) is 12.5. The summed E-state index contributed by atoms with van der Waals surface area (Å²) >= 11 is 0. The van der Waals surface area contributed by atoms with E-state index < -0.39 is 30.1 Å². The van der Waals surface area contributed by atoms with E-state index in [-0.39, 0.29) is 87.1 Å². The Morgan fingerprint density at radius 2 is 1.18 bits per heavy atom. The fourth-order valence-corrected chi connectivity index (χ4v) is 8.32. The number of amides is 7. The van der Waals surface area contributed by atoms with Crippen molar-refractivity contribution >= 4 is 58.4 Å². The number of hydrazine groups is 1. The predicted octanol–water partition coefficient (Wildman–Crippen LogP) is 1.81. The zero-order valence-electron chi connectivity index (χ0n) is 47.7. The van der Waals surface area contributed by atoms with Crippen molar-refractivity contribution in [1.29, 1.82) is 0 Å². The van der Waals surface area contributed by atoms with Gasteiger partial charge in [-0.15, -0.1) is 0 Å². The molecule has 1 aliphatic rings. The van der Waals surface area contributed by atoms with Crippen molar-refractivity contribution in [3.05, 3.63) is 65.2 Å². The number of para-hydroxylation sites is 1. The smallest absolute Gasteiger partial charge is 0.312 e. The number of nitrogens with zero attached hydrogens (tertiary/aromatic N) is 2. The normalized spacial score (nSPS) is 14.2. The van der Waals surface area contributed by atoms with Crippen molar-refractivity contribution in [2.75, 3.05) is 110 Å². The number of hydrogen-bond donors (Lipinski definition) is 9. The predicted molar refractivity (Wildman–Crippen MR) is 304 cm³/mol. The Balaban J connectivity index is 1.13. The van der Waals surface area contributed by atoms with Crippen LogP contribution in [0.3, 0.4) is 0 Å². The van der Waals surface area contributed by atoms with Crippen LogP contribution >= 0.6 is 0 Å². The van der Waals surface area contributed by atoms with Crippen LogP contribution in [-0.2, 0) is 63.7 Å². The monoisotopic (exact) mass is 1130 g/mol. The van der Waals surface area contributed by atoms with Gasteiger partial charge in [-0.1, -0.05) is 70.2 Å². The first-order valence-corrected chi connectivity index (χ1v) is 27.8. The van der Waals surface area contributed by atoms with Gasteiger partial charge in [-0.2, -0.15) is 0 Å². The Labute approximate surface area is 471 Å². The molecule has 3 rings (SSSR count). The second kappa shape index (κ2) is 39.2. The third kappa shape index (κ3) is 26.8. The van der Waals surface area contributed by atoms with Crippen LogP contribution < -0.4 is 54.5 Å². The van der Waals surface area contributed by atoms with Gasteiger partial charge >= 0.3 is 6.03 Å². The Kier molecular flexibility index (Phi) is 33.3. The average molecular weight is 1130 g/mol. The number of anilines is 1. The van der Waals surface area contributed by atoms with Gasteiger partial charge in [-0.05, 0) is 62.5 Å². The van der Waals surface area contributed by atoms with E-state index in [1.54, 1.807) is 18.9 Å². The summed E-state index contributed by atoms with van der Waals surface area (Å²) in [5.74, 6) is 5.21. The molecule has 24 heteroatoms. The first-order valence-electron chi connectivity index (χ1n) is 27.8. The Bertz CT molecular complexity index is 2250. The summed E-state index contributed by atoms with van der Waals surface area (Å²) in [5.41, 5.74) is 22.6. The first kappa shape index (κ1) is 68.0. The molecule has 7 amide bonds. The van der Waals surface area contributed by atoms with Crippen molar-refractivity contribution in [2.24, 2.45) is 34.9 Å². The largest absolute Gasteiger partial charge is 0.396 e. The molecule has 80 heavy (non-hydrogen) atoms. The summed E-state index contributed by atoms with van der Waals surface area (Å²) in [7, 11) is 0. The number of rotatable bonds is 42. The number of urea groups is 1. The minimum Gasteiger partial charge on any atom is -0.396 e. The van der Waals surface area contributed by atoms with Crippen LogP contribution in [0.1, 0.15) is 103 Å². The van der Waals surface area contributed by atoms with Gasteiger partial charge in [0, 0.05) is 56.6 Å². The third-order valence-electron chi connectivity index (χ3n) is 12.6. The molecule has 0 aromatic heterocycles. The van der Waals surface area contributed by atoms with Crippen molar-refractivity contribution in [3.8, 4) is 0 Å². The van der Waals surface area contributed by atoms with E-state index in [1.165, 1.54) is 6.92 Å². The maximum atomic E-state index is 13.6. The molecule has 13 N–H and O–H groups in total. The number of nitrogens with two attached hydrogens (primary N) is 4. The van der Waals surface area contributed by atoms with E-state index in [4.69, 9.17) is 51.5 Å². The van der Waals surface area contributed by atoms with Crippen molar-refractivity contribution in [2.45, 2.75) is 111 Å². The van der Waals surface area contributed by atoms with E-state index in [9.17, 15) is 33.6 Å². The van der Waals surface area contributed by atoms with Crippen LogP contribution in [-0.4, -0.2) is 170 Å². The lowest BCUT2D eigenvalue weighted by Crippen LogP contribution is -2.53. The van der Waals surface area contributed by atoms with Gasteiger partial charge in [0.25, 0.3) is 0 Å². The molecule has 3 atom stereocenters. The maximum absolute atomic E-state index is 13.6. The number of fused-ring (bicyclic) bond motifs is 2. The maximum Gasteiger partial charge on any atom is 0.312 e. The number of nitrogens with one attached hydrogen (secondary N) is 5. The molecule has 0 aliphatic carbocycles. The number of benzene rings is 2. The van der Waals surface area contributed by atoms with Crippen LogP contribution in [0.4, 0.5) is 10.5 Å². The van der Waals surface area contributed by atoms with Gasteiger partial charge in [0.15, 0.2) is 5.78 Å². The molecule has 1 heterocycles. The lowest BCUT2D eigenvalue weighted by Gasteiger charge is -2.33. The number of carbonyl (C=O) groups is 7. The standard InChI is InChI=1S/C56H91N11O13/c1-39(2)37-50(71)66-38-42-13-6-7-14-43(42)51(58)53(44-15-8-9-18-47(44)66)67(60)24-11-10-16-45(57)54(72)62-23-28-78-32-36-79-33-29-75-25-19-48(69)61-22-27-77-31-35-80-34-30-76-26-20-49(70)65-52(40(3)4)55(73)64-46(41(5)68)17-12-21-63-56(59)74/h6-9,13-15,18,39-40,45-46,52H,10-12,16-17,19-38,57-58,60H2,1-5H3,(H,61,69)(H,62,72)(H,64,73)(H,65,70)(H3,59,63,74)/b53-51-. The van der Waals surface area contributed by atoms with Gasteiger partial charge < -0.3 is 82.1 Å². The highest BCUT2D eigenvalue weighted by atomic mass is 16.5. The molecule has 0 fully saturated rings. The van der Waals surface area contributed by atoms with Gasteiger partial charge in [0.2, 0.25) is 29.5 Å². The van der Waals surface area contributed by atoms with Gasteiger partial charge in [0.05, 0.1) is 115 Å². The molecule has 0 bridgehead atoms. The first-order chi connectivity index (χ1) is 38.4. The summed E-state index contributed by atoms with van der Waals surface area (Å²) in [5, 5.41) is 15.1. The number of carbonyl (C=O) groups excluding carboxylic acids is 7. The lowest BCUT2D eigenvalue weighted by molar-refractivity contribution is -0.132. The highest BCUT2D eigenvalue weighted by molar-refractivity contribution is 6.01. The number of unbranched alkanes of at least 4 members (excludes halogenated alkanes) is 1. The van der Waals surface area contributed by atoms with Crippen LogP contribution in [0.2, 0.25) is 0 Å². The quantitative estimate of drug-likeness (QED) is 0.0260.